The summed E-state index contributed by atoms with van der Waals surface area (Å²) in [4.78, 5) is 3.86. The number of azo groups is 1. The van der Waals surface area contributed by atoms with Gasteiger partial charge in [-0.2, -0.15) is 0 Å². The second-order valence-electron chi connectivity index (χ2n) is 6.62. The van der Waals surface area contributed by atoms with Crippen LogP contribution in [0.4, 0.5) is 17.1 Å². The van der Waals surface area contributed by atoms with Crippen LogP contribution in [-0.4, -0.2) is 25.1 Å². The predicted molar refractivity (Wildman–Crippen MR) is 117 cm³/mol. The molecule has 0 fully saturated rings. The molecule has 0 spiro atoms. The summed E-state index contributed by atoms with van der Waals surface area (Å²) in [5.74, 6) is 0.426. The SMILES string of the molecule is COc1ncc(N=Nc2cc(S(=O)(=O)[O-])c3ccccc3c2N)cc1-c1ccccc1.[Na+]. The third-order valence-electron chi connectivity index (χ3n) is 4.68. The van der Waals surface area contributed by atoms with Crippen molar-refractivity contribution in [1.29, 1.82) is 0 Å². The van der Waals surface area contributed by atoms with Gasteiger partial charge in [0, 0.05) is 16.3 Å². The monoisotopic (exact) mass is 456 g/mol. The van der Waals surface area contributed by atoms with E-state index in [-0.39, 0.29) is 46.3 Å². The van der Waals surface area contributed by atoms with Gasteiger partial charge in [0.25, 0.3) is 0 Å². The number of methoxy groups -OCH3 is 1. The van der Waals surface area contributed by atoms with E-state index in [4.69, 9.17) is 10.5 Å². The second kappa shape index (κ2) is 9.76. The van der Waals surface area contributed by atoms with E-state index in [1.54, 1.807) is 24.3 Å². The van der Waals surface area contributed by atoms with Crippen LogP contribution in [0.1, 0.15) is 0 Å². The average molecular weight is 456 g/mol. The number of benzene rings is 3. The third-order valence-corrected chi connectivity index (χ3v) is 5.56. The molecule has 0 amide bonds. The zero-order chi connectivity index (χ0) is 22.0. The molecule has 32 heavy (non-hydrogen) atoms. The van der Waals surface area contributed by atoms with Crippen molar-refractivity contribution >= 4 is 38.0 Å². The fourth-order valence-corrected chi connectivity index (χ4v) is 3.94. The smallest absolute Gasteiger partial charge is 0.744 e. The molecule has 10 heteroatoms. The molecule has 1 heterocycles. The van der Waals surface area contributed by atoms with Crippen LogP contribution < -0.4 is 40.0 Å². The second-order valence-corrected chi connectivity index (χ2v) is 7.97. The van der Waals surface area contributed by atoms with Crippen LogP contribution in [0.3, 0.4) is 0 Å². The molecule has 0 aliphatic heterocycles. The Balaban J connectivity index is 0.00000289. The minimum absolute atomic E-state index is 0. The van der Waals surface area contributed by atoms with Crippen LogP contribution in [0.2, 0.25) is 0 Å². The molecule has 3 aromatic carbocycles. The predicted octanol–water partition coefficient (Wildman–Crippen LogP) is 1.82. The van der Waals surface area contributed by atoms with Gasteiger partial charge in [-0.15, -0.1) is 10.2 Å². The summed E-state index contributed by atoms with van der Waals surface area (Å²) in [5.41, 5.74) is 8.47. The molecular weight excluding hydrogens is 439 g/mol. The first kappa shape index (κ1) is 23.8. The van der Waals surface area contributed by atoms with Crippen LogP contribution in [0, 0.1) is 0 Å². The molecule has 4 aromatic rings. The van der Waals surface area contributed by atoms with Gasteiger partial charge in [-0.05, 0) is 17.7 Å². The average Bonchev–Trinajstić information content (AvgIpc) is 2.78. The molecular formula is C22H17N4NaO4S. The molecule has 0 saturated heterocycles. The van der Waals surface area contributed by atoms with Gasteiger partial charge in [0.1, 0.15) is 21.5 Å². The molecule has 0 atom stereocenters. The molecule has 1 aromatic heterocycles. The van der Waals surface area contributed by atoms with Gasteiger partial charge in [0.05, 0.1) is 23.9 Å². The Kier molecular flexibility index (Phi) is 7.27. The van der Waals surface area contributed by atoms with E-state index in [1.807, 2.05) is 30.3 Å². The molecule has 0 aliphatic rings. The van der Waals surface area contributed by atoms with Crippen molar-refractivity contribution in [3.8, 4) is 17.0 Å². The van der Waals surface area contributed by atoms with Gasteiger partial charge in [-0.3, -0.25) is 0 Å². The van der Waals surface area contributed by atoms with Crippen LogP contribution >= 0.6 is 0 Å². The van der Waals surface area contributed by atoms with E-state index < -0.39 is 15.0 Å². The molecule has 0 aliphatic carbocycles. The Morgan fingerprint density at radius 1 is 0.969 bits per heavy atom. The minimum Gasteiger partial charge on any atom is -0.744 e. The van der Waals surface area contributed by atoms with Crippen molar-refractivity contribution in [3.05, 3.63) is 72.9 Å². The number of nitrogens with zero attached hydrogens (tertiary/aromatic N) is 3. The quantitative estimate of drug-likeness (QED) is 0.211. The van der Waals surface area contributed by atoms with Crippen LogP contribution in [-0.2, 0) is 10.1 Å². The number of pyridine rings is 1. The molecule has 156 valence electrons. The van der Waals surface area contributed by atoms with Crippen LogP contribution in [0.25, 0.3) is 21.9 Å². The first-order chi connectivity index (χ1) is 14.9. The topological polar surface area (TPSA) is 130 Å². The van der Waals surface area contributed by atoms with Crippen molar-refractivity contribution in [2.24, 2.45) is 10.2 Å². The maximum Gasteiger partial charge on any atom is 1.00 e. The number of nitrogens with two attached hydrogens (primary N) is 1. The first-order valence-corrected chi connectivity index (χ1v) is 10.6. The Labute approximate surface area is 207 Å². The van der Waals surface area contributed by atoms with Gasteiger partial charge in [0.15, 0.2) is 0 Å². The zero-order valence-corrected chi connectivity index (χ0v) is 20.2. The van der Waals surface area contributed by atoms with Crippen LogP contribution in [0.15, 0.2) is 88.1 Å². The molecule has 2 N–H and O–H groups in total. The van der Waals surface area contributed by atoms with Crippen molar-refractivity contribution < 1.29 is 47.3 Å². The van der Waals surface area contributed by atoms with Gasteiger partial charge in [0.2, 0.25) is 5.88 Å². The fraction of sp³-hybridized carbons (Fsp3) is 0.0455. The van der Waals surface area contributed by atoms with E-state index in [0.29, 0.717) is 22.5 Å². The molecule has 4 rings (SSSR count). The van der Waals surface area contributed by atoms with Gasteiger partial charge < -0.3 is 15.0 Å². The van der Waals surface area contributed by atoms with Gasteiger partial charge in [-0.25, -0.2) is 13.4 Å². The summed E-state index contributed by atoms with van der Waals surface area (Å²) in [6.45, 7) is 0. The molecule has 0 saturated carbocycles. The Hall–Kier alpha value is -2.82. The number of fused-ring (bicyclic) bond motifs is 1. The molecule has 0 unspecified atom stereocenters. The molecule has 8 nitrogen and oxygen atoms in total. The van der Waals surface area contributed by atoms with Gasteiger partial charge in [-0.1, -0.05) is 54.6 Å². The number of nitrogen functional groups attached to an aromatic ring is 1. The Morgan fingerprint density at radius 2 is 1.62 bits per heavy atom. The van der Waals surface area contributed by atoms with E-state index >= 15 is 0 Å². The minimum atomic E-state index is -4.74. The molecule has 0 radical (unpaired) electrons. The van der Waals surface area contributed by atoms with E-state index in [9.17, 15) is 13.0 Å². The maximum atomic E-state index is 11.8. The summed E-state index contributed by atoms with van der Waals surface area (Å²) in [5, 5.41) is 8.92. The number of anilines is 1. The number of ether oxygens (including phenoxy) is 1. The van der Waals surface area contributed by atoms with E-state index in [0.717, 1.165) is 11.6 Å². The molecule has 0 bridgehead atoms. The fourth-order valence-electron chi connectivity index (χ4n) is 3.23. The van der Waals surface area contributed by atoms with Crippen molar-refractivity contribution in [3.63, 3.8) is 0 Å². The summed E-state index contributed by atoms with van der Waals surface area (Å²) in [6, 6.07) is 18.9. The Bertz CT molecular complexity index is 1410. The van der Waals surface area contributed by atoms with Gasteiger partial charge >= 0.3 is 29.6 Å². The first-order valence-electron chi connectivity index (χ1n) is 9.17. The van der Waals surface area contributed by atoms with E-state index in [2.05, 4.69) is 15.2 Å². The summed E-state index contributed by atoms with van der Waals surface area (Å²) in [7, 11) is -3.22. The maximum absolute atomic E-state index is 11.8. The Morgan fingerprint density at radius 3 is 2.28 bits per heavy atom. The van der Waals surface area contributed by atoms with Crippen LogP contribution in [0.5, 0.6) is 5.88 Å². The third kappa shape index (κ3) is 4.82. The number of aromatic nitrogens is 1. The largest absolute Gasteiger partial charge is 1.00 e. The zero-order valence-electron chi connectivity index (χ0n) is 17.4. The summed E-state index contributed by atoms with van der Waals surface area (Å²) >= 11 is 0. The number of hydrogen-bond acceptors (Lipinski definition) is 8. The van der Waals surface area contributed by atoms with E-state index in [1.165, 1.54) is 19.4 Å². The standard InChI is InChI=1S/C22H18N4O4S.Na/c1-30-22-18(14-7-3-2-4-8-14)11-15(13-24-22)25-26-19-12-20(31(27,28)29)16-9-5-6-10-17(16)21(19)23;/h2-13H,23H2,1H3,(H,27,28,29);/q;+1/p-1. The number of hydrogen-bond donors (Lipinski definition) is 1. The number of rotatable bonds is 5. The normalized spacial score (nSPS) is 11.4. The summed E-state index contributed by atoms with van der Waals surface area (Å²) < 4.78 is 40.6. The van der Waals surface area contributed by atoms with Crippen molar-refractivity contribution in [2.75, 3.05) is 12.8 Å². The summed E-state index contributed by atoms with van der Waals surface area (Å²) in [6.07, 6.45) is 1.47. The van der Waals surface area contributed by atoms with Crippen molar-refractivity contribution in [2.45, 2.75) is 4.90 Å². The van der Waals surface area contributed by atoms with Crippen molar-refractivity contribution in [1.82, 2.24) is 4.98 Å².